The summed E-state index contributed by atoms with van der Waals surface area (Å²) in [5, 5.41) is 2.12. The number of hydrogen-bond acceptors (Lipinski definition) is 5. The topological polar surface area (TPSA) is 75.7 Å². The van der Waals surface area contributed by atoms with Crippen LogP contribution in [0, 0.1) is 5.92 Å². The molecule has 1 fully saturated rings. The van der Waals surface area contributed by atoms with Gasteiger partial charge in [0.05, 0.1) is 7.11 Å². The molecule has 20 heavy (non-hydrogen) atoms. The molecule has 0 aromatic heterocycles. The zero-order valence-electron chi connectivity index (χ0n) is 12.8. The number of carbonyl (C=O) groups is 1. The molecule has 2 atom stereocenters. The van der Waals surface area contributed by atoms with Crippen LogP contribution >= 0.6 is 0 Å². The molecule has 1 aliphatic rings. The van der Waals surface area contributed by atoms with Crippen molar-refractivity contribution in [2.45, 2.75) is 44.9 Å². The van der Waals surface area contributed by atoms with Gasteiger partial charge in [-0.25, -0.2) is 8.42 Å². The first-order chi connectivity index (χ1) is 9.30. The molecule has 2 unspecified atom stereocenters. The van der Waals surface area contributed by atoms with Crippen LogP contribution in [0.25, 0.3) is 0 Å². The first kappa shape index (κ1) is 17.4. The Morgan fingerprint density at radius 2 is 2.05 bits per heavy atom. The quantitative estimate of drug-likeness (QED) is 0.727. The fourth-order valence-corrected chi connectivity index (χ4v) is 4.19. The molecule has 1 rings (SSSR count). The third-order valence-electron chi connectivity index (χ3n) is 3.72. The SMILES string of the molecule is COC(=O)C(C)S(=O)(=O)N(CC1CCCNC1)C(C)C. The zero-order valence-corrected chi connectivity index (χ0v) is 13.6. The molecule has 7 heteroatoms. The van der Waals surface area contributed by atoms with E-state index in [9.17, 15) is 13.2 Å². The van der Waals surface area contributed by atoms with Gasteiger partial charge in [-0.2, -0.15) is 4.31 Å². The zero-order chi connectivity index (χ0) is 15.3. The van der Waals surface area contributed by atoms with Crippen molar-refractivity contribution in [2.75, 3.05) is 26.7 Å². The molecule has 0 aromatic carbocycles. The summed E-state index contributed by atoms with van der Waals surface area (Å²) in [6, 6.07) is -0.172. The van der Waals surface area contributed by atoms with E-state index in [2.05, 4.69) is 10.1 Å². The number of hydrogen-bond donors (Lipinski definition) is 1. The number of rotatable bonds is 6. The predicted octanol–water partition coefficient (Wildman–Crippen LogP) is 0.588. The monoisotopic (exact) mass is 306 g/mol. The first-order valence-electron chi connectivity index (χ1n) is 7.10. The minimum absolute atomic E-state index is 0.172. The number of esters is 1. The van der Waals surface area contributed by atoms with E-state index in [4.69, 9.17) is 0 Å². The second kappa shape index (κ2) is 7.38. The third-order valence-corrected chi connectivity index (χ3v) is 6.03. The van der Waals surface area contributed by atoms with Crippen LogP contribution in [0.15, 0.2) is 0 Å². The fourth-order valence-electron chi connectivity index (χ4n) is 2.43. The molecule has 0 aliphatic carbocycles. The second-order valence-corrected chi connectivity index (χ2v) is 7.79. The average molecular weight is 306 g/mol. The van der Waals surface area contributed by atoms with Gasteiger partial charge in [0.25, 0.3) is 0 Å². The van der Waals surface area contributed by atoms with Gasteiger partial charge in [0.2, 0.25) is 10.0 Å². The van der Waals surface area contributed by atoms with Crippen LogP contribution in [0.3, 0.4) is 0 Å². The number of carbonyl (C=O) groups excluding carboxylic acids is 1. The van der Waals surface area contributed by atoms with Crippen LogP contribution in [-0.4, -0.2) is 56.7 Å². The van der Waals surface area contributed by atoms with Gasteiger partial charge in [-0.3, -0.25) is 4.79 Å². The highest BCUT2D eigenvalue weighted by molar-refractivity contribution is 7.90. The summed E-state index contributed by atoms with van der Waals surface area (Å²) < 4.78 is 31.1. The number of methoxy groups -OCH3 is 1. The summed E-state index contributed by atoms with van der Waals surface area (Å²) in [6.45, 7) is 7.31. The number of ether oxygens (including phenoxy) is 1. The van der Waals surface area contributed by atoms with Gasteiger partial charge in [-0.05, 0) is 52.6 Å². The summed E-state index contributed by atoms with van der Waals surface area (Å²) in [5.41, 5.74) is 0. The minimum atomic E-state index is -3.68. The highest BCUT2D eigenvalue weighted by Gasteiger charge is 2.37. The van der Waals surface area contributed by atoms with E-state index in [0.717, 1.165) is 25.9 Å². The van der Waals surface area contributed by atoms with E-state index in [-0.39, 0.29) is 6.04 Å². The van der Waals surface area contributed by atoms with Crippen LogP contribution < -0.4 is 5.32 Å². The normalized spacial score (nSPS) is 22.0. The van der Waals surface area contributed by atoms with E-state index in [1.54, 1.807) is 0 Å². The predicted molar refractivity (Wildman–Crippen MR) is 77.8 cm³/mol. The van der Waals surface area contributed by atoms with Crippen LogP contribution in [-0.2, 0) is 19.6 Å². The van der Waals surface area contributed by atoms with Crippen LogP contribution in [0.1, 0.15) is 33.6 Å². The number of sulfonamides is 1. The Balaban J connectivity index is 2.85. The van der Waals surface area contributed by atoms with Crippen molar-refractivity contribution in [1.82, 2.24) is 9.62 Å². The van der Waals surface area contributed by atoms with Crippen LogP contribution in [0.5, 0.6) is 0 Å². The lowest BCUT2D eigenvalue weighted by Gasteiger charge is -2.33. The van der Waals surface area contributed by atoms with Crippen molar-refractivity contribution < 1.29 is 17.9 Å². The number of nitrogens with zero attached hydrogens (tertiary/aromatic N) is 1. The van der Waals surface area contributed by atoms with Crippen molar-refractivity contribution in [3.05, 3.63) is 0 Å². The number of piperidine rings is 1. The lowest BCUT2D eigenvalue weighted by atomic mass is 9.99. The molecular formula is C13H26N2O4S. The summed E-state index contributed by atoms with van der Waals surface area (Å²) >= 11 is 0. The Hall–Kier alpha value is -0.660. The van der Waals surface area contributed by atoms with Gasteiger partial charge in [0.1, 0.15) is 0 Å². The fraction of sp³-hybridized carbons (Fsp3) is 0.923. The van der Waals surface area contributed by atoms with Crippen molar-refractivity contribution in [1.29, 1.82) is 0 Å². The minimum Gasteiger partial charge on any atom is -0.468 e. The maximum absolute atomic E-state index is 12.6. The van der Waals surface area contributed by atoms with Crippen LogP contribution in [0.2, 0.25) is 0 Å². The van der Waals surface area contributed by atoms with Gasteiger partial charge in [-0.15, -0.1) is 0 Å². The van der Waals surface area contributed by atoms with E-state index >= 15 is 0 Å². The lowest BCUT2D eigenvalue weighted by Crippen LogP contribution is -2.48. The molecule has 0 bridgehead atoms. The van der Waals surface area contributed by atoms with Crippen molar-refractivity contribution in [3.63, 3.8) is 0 Å². The van der Waals surface area contributed by atoms with E-state index in [1.807, 2.05) is 13.8 Å². The van der Waals surface area contributed by atoms with E-state index < -0.39 is 21.2 Å². The molecule has 0 aromatic rings. The van der Waals surface area contributed by atoms with Crippen LogP contribution in [0.4, 0.5) is 0 Å². The maximum Gasteiger partial charge on any atom is 0.325 e. The van der Waals surface area contributed by atoms with Gasteiger partial charge in [-0.1, -0.05) is 0 Å². The molecule has 118 valence electrons. The van der Waals surface area contributed by atoms with Gasteiger partial charge in [0.15, 0.2) is 5.25 Å². The highest BCUT2D eigenvalue weighted by Crippen LogP contribution is 2.19. The van der Waals surface area contributed by atoms with Crippen molar-refractivity contribution in [2.24, 2.45) is 5.92 Å². The van der Waals surface area contributed by atoms with Gasteiger partial charge >= 0.3 is 5.97 Å². The van der Waals surface area contributed by atoms with Crippen molar-refractivity contribution in [3.8, 4) is 0 Å². The Labute approximate surface area is 121 Å². The standard InChI is InChI=1S/C13H26N2O4S/c1-10(2)15(9-12-6-5-7-14-8-12)20(17,18)11(3)13(16)19-4/h10-12,14H,5-9H2,1-4H3. The second-order valence-electron chi connectivity index (χ2n) is 5.59. The molecule has 1 N–H and O–H groups in total. The summed E-state index contributed by atoms with van der Waals surface area (Å²) in [5.74, 6) is -0.414. The summed E-state index contributed by atoms with van der Waals surface area (Å²) in [4.78, 5) is 11.5. The molecule has 1 aliphatic heterocycles. The van der Waals surface area contributed by atoms with E-state index in [0.29, 0.717) is 12.5 Å². The first-order valence-corrected chi connectivity index (χ1v) is 8.60. The van der Waals surface area contributed by atoms with Crippen molar-refractivity contribution >= 4 is 16.0 Å². The molecule has 0 spiro atoms. The molecule has 6 nitrogen and oxygen atoms in total. The smallest absolute Gasteiger partial charge is 0.325 e. The molecule has 1 heterocycles. The summed E-state index contributed by atoms with van der Waals surface area (Å²) in [6.07, 6.45) is 2.07. The average Bonchev–Trinajstić information content (AvgIpc) is 2.43. The molecule has 1 saturated heterocycles. The molecular weight excluding hydrogens is 280 g/mol. The molecule has 0 radical (unpaired) electrons. The summed E-state index contributed by atoms with van der Waals surface area (Å²) in [7, 11) is -2.47. The Bertz CT molecular complexity index is 416. The van der Waals surface area contributed by atoms with Gasteiger partial charge < -0.3 is 10.1 Å². The molecule has 0 saturated carbocycles. The lowest BCUT2D eigenvalue weighted by molar-refractivity contribution is -0.139. The highest BCUT2D eigenvalue weighted by atomic mass is 32.2. The maximum atomic E-state index is 12.6. The number of nitrogens with one attached hydrogen (secondary N) is 1. The largest absolute Gasteiger partial charge is 0.468 e. The van der Waals surface area contributed by atoms with E-state index in [1.165, 1.54) is 18.3 Å². The van der Waals surface area contributed by atoms with Gasteiger partial charge in [0, 0.05) is 12.6 Å². The Morgan fingerprint density at radius 3 is 2.50 bits per heavy atom. The molecule has 0 amide bonds. The Kier molecular flexibility index (Phi) is 6.42. The third kappa shape index (κ3) is 4.17. The Morgan fingerprint density at radius 1 is 1.40 bits per heavy atom.